The molecule has 10 heteroatoms. The molecule has 7 nitrogen and oxygen atoms in total. The lowest BCUT2D eigenvalue weighted by Crippen LogP contribution is -2.43. The highest BCUT2D eigenvalue weighted by molar-refractivity contribution is 7.99. The molecule has 3 heterocycles. The summed E-state index contributed by atoms with van der Waals surface area (Å²) in [7, 11) is 1.61. The first kappa shape index (κ1) is 30.0. The van der Waals surface area contributed by atoms with Gasteiger partial charge in [0.2, 0.25) is 0 Å². The molecule has 0 spiro atoms. The van der Waals surface area contributed by atoms with Crippen LogP contribution in [0.5, 0.6) is 5.75 Å². The Morgan fingerprint density at radius 2 is 1.84 bits per heavy atom. The monoisotopic (exact) mass is 643 g/mol. The first-order valence-electron chi connectivity index (χ1n) is 14.2. The Morgan fingerprint density at radius 3 is 2.57 bits per heavy atom. The van der Waals surface area contributed by atoms with Crippen LogP contribution in [0.4, 0.5) is 0 Å². The first-order valence-corrected chi connectivity index (χ1v) is 16.2. The summed E-state index contributed by atoms with van der Waals surface area (Å²) in [6, 6.07) is 22.3. The number of amides is 1. The second-order valence-corrected chi connectivity index (χ2v) is 12.7. The van der Waals surface area contributed by atoms with Crippen LogP contribution in [0.2, 0.25) is 5.02 Å². The Hall–Kier alpha value is -4.05. The van der Waals surface area contributed by atoms with Crippen LogP contribution < -0.4 is 19.6 Å². The van der Waals surface area contributed by atoms with Crippen molar-refractivity contribution in [2.24, 2.45) is 4.99 Å². The Kier molecular flexibility index (Phi) is 8.53. The van der Waals surface area contributed by atoms with Gasteiger partial charge < -0.3 is 14.1 Å². The third-order valence-corrected chi connectivity index (χ3v) is 9.80. The van der Waals surface area contributed by atoms with E-state index >= 15 is 0 Å². The zero-order valence-corrected chi connectivity index (χ0v) is 27.1. The number of hydrogen-bond acceptors (Lipinski definition) is 7. The van der Waals surface area contributed by atoms with Gasteiger partial charge in [0.25, 0.3) is 11.5 Å². The van der Waals surface area contributed by atoms with Gasteiger partial charge in [-0.1, -0.05) is 65.0 Å². The molecule has 0 saturated carbocycles. The number of rotatable bonds is 8. The number of furan rings is 1. The van der Waals surface area contributed by atoms with E-state index in [2.05, 4.69) is 0 Å². The standard InChI is InChI=1S/C34H30ClN3O4S2/c1-5-37(6-2)33(40)29-20(3)36-34-38(31(29)30-25-10-8-7-9-21(25)11-17-26(30)41-4)32(39)27(44-34)19-23-14-18-28(42-23)43-24-15-12-22(35)13-16-24/h7-19,31H,5-6H2,1-4H3/b27-19+/t31-/m0/s1. The zero-order valence-electron chi connectivity index (χ0n) is 24.7. The fraction of sp³-hybridized carbons (Fsp3) is 0.206. The molecule has 5 aromatic rings. The highest BCUT2D eigenvalue weighted by atomic mass is 35.5. The largest absolute Gasteiger partial charge is 0.496 e. The number of allylic oxidation sites excluding steroid dienone is 1. The van der Waals surface area contributed by atoms with Gasteiger partial charge in [-0.3, -0.25) is 14.2 Å². The summed E-state index contributed by atoms with van der Waals surface area (Å²) in [6.45, 7) is 6.80. The molecule has 0 radical (unpaired) electrons. The maximum Gasteiger partial charge on any atom is 0.271 e. The van der Waals surface area contributed by atoms with Crippen LogP contribution in [0.25, 0.3) is 16.8 Å². The van der Waals surface area contributed by atoms with Crippen LogP contribution in [0.3, 0.4) is 0 Å². The van der Waals surface area contributed by atoms with Crippen LogP contribution in [-0.4, -0.2) is 35.6 Å². The number of nitrogens with zero attached hydrogens (tertiary/aromatic N) is 3. The first-order chi connectivity index (χ1) is 21.3. The minimum absolute atomic E-state index is 0.152. The maximum absolute atomic E-state index is 14.3. The van der Waals surface area contributed by atoms with Crippen LogP contribution in [0, 0.1) is 0 Å². The number of carbonyl (C=O) groups excluding carboxylic acids is 1. The summed E-state index contributed by atoms with van der Waals surface area (Å²) >= 11 is 8.76. The molecular weight excluding hydrogens is 614 g/mol. The highest BCUT2D eigenvalue weighted by Crippen LogP contribution is 2.40. The summed E-state index contributed by atoms with van der Waals surface area (Å²) in [5.74, 6) is 0.985. The molecule has 224 valence electrons. The van der Waals surface area contributed by atoms with Gasteiger partial charge in [-0.05, 0) is 74.0 Å². The molecule has 0 bridgehead atoms. The molecule has 1 aliphatic rings. The Labute approximate surface area is 267 Å². The average Bonchev–Trinajstić information content (AvgIpc) is 3.60. The number of aromatic nitrogens is 1. The Morgan fingerprint density at radius 1 is 1.09 bits per heavy atom. The smallest absolute Gasteiger partial charge is 0.271 e. The number of halogens is 1. The number of ether oxygens (including phenoxy) is 1. The van der Waals surface area contributed by atoms with E-state index in [0.717, 1.165) is 21.2 Å². The molecule has 0 unspecified atom stereocenters. The normalized spacial score (nSPS) is 14.9. The van der Waals surface area contributed by atoms with Crippen LogP contribution in [0.15, 0.2) is 108 Å². The molecule has 3 aromatic carbocycles. The molecule has 0 aliphatic carbocycles. The third-order valence-electron chi connectivity index (χ3n) is 7.63. The second-order valence-electron chi connectivity index (χ2n) is 10.2. The molecular formula is C34H30ClN3O4S2. The van der Waals surface area contributed by atoms with Crippen molar-refractivity contribution in [3.8, 4) is 5.75 Å². The van der Waals surface area contributed by atoms with Crippen molar-refractivity contribution in [1.82, 2.24) is 9.47 Å². The predicted molar refractivity (Wildman–Crippen MR) is 176 cm³/mol. The van der Waals surface area contributed by atoms with Crippen LogP contribution >= 0.6 is 34.7 Å². The van der Waals surface area contributed by atoms with Gasteiger partial charge in [-0.2, -0.15) is 0 Å². The van der Waals surface area contributed by atoms with E-state index < -0.39 is 6.04 Å². The minimum Gasteiger partial charge on any atom is -0.496 e. The van der Waals surface area contributed by atoms with Crippen molar-refractivity contribution in [1.29, 1.82) is 0 Å². The topological polar surface area (TPSA) is 77.0 Å². The molecule has 1 aliphatic heterocycles. The van der Waals surface area contributed by atoms with E-state index in [9.17, 15) is 9.59 Å². The molecule has 6 rings (SSSR count). The number of methoxy groups -OCH3 is 1. The van der Waals surface area contributed by atoms with Gasteiger partial charge in [-0.15, -0.1) is 0 Å². The Balaban J connectivity index is 1.53. The van der Waals surface area contributed by atoms with Crippen LogP contribution in [0.1, 0.15) is 38.1 Å². The predicted octanol–water partition coefficient (Wildman–Crippen LogP) is 6.66. The Bertz CT molecular complexity index is 2090. The summed E-state index contributed by atoms with van der Waals surface area (Å²) in [6.07, 6.45) is 1.73. The van der Waals surface area contributed by atoms with E-state index in [0.29, 0.717) is 55.3 Å². The lowest BCUT2D eigenvalue weighted by atomic mass is 9.90. The minimum atomic E-state index is -0.741. The molecule has 0 N–H and O–H groups in total. The SMILES string of the molecule is CCN(CC)C(=O)C1=C(C)N=c2s/c(=C/c3ccc(Sc4ccc(Cl)cc4)o3)c(=O)n2[C@@H]1c1c(OC)ccc2ccccc12. The van der Waals surface area contributed by atoms with E-state index in [-0.39, 0.29) is 11.5 Å². The van der Waals surface area contributed by atoms with E-state index in [1.165, 1.54) is 23.1 Å². The lowest BCUT2D eigenvalue weighted by molar-refractivity contribution is -0.127. The van der Waals surface area contributed by atoms with Gasteiger partial charge in [0.1, 0.15) is 17.6 Å². The van der Waals surface area contributed by atoms with Gasteiger partial charge >= 0.3 is 0 Å². The van der Waals surface area contributed by atoms with E-state index in [4.69, 9.17) is 25.7 Å². The fourth-order valence-electron chi connectivity index (χ4n) is 5.50. The van der Waals surface area contributed by atoms with Crippen LogP contribution in [-0.2, 0) is 4.79 Å². The molecule has 1 atom stereocenters. The maximum atomic E-state index is 14.3. The molecule has 44 heavy (non-hydrogen) atoms. The third kappa shape index (κ3) is 5.51. The zero-order chi connectivity index (χ0) is 31.0. The molecule has 1 amide bonds. The summed E-state index contributed by atoms with van der Waals surface area (Å²) in [4.78, 5) is 36.5. The van der Waals surface area contributed by atoms with Crippen molar-refractivity contribution in [2.75, 3.05) is 20.2 Å². The molecule has 2 aromatic heterocycles. The lowest BCUT2D eigenvalue weighted by Gasteiger charge is -2.30. The van der Waals surface area contributed by atoms with Gasteiger partial charge in [-0.25, -0.2) is 4.99 Å². The van der Waals surface area contributed by atoms with Gasteiger partial charge in [0.05, 0.1) is 22.9 Å². The number of hydrogen-bond donors (Lipinski definition) is 0. The number of thiazole rings is 1. The van der Waals surface area contributed by atoms with Gasteiger partial charge in [0.15, 0.2) is 9.89 Å². The van der Waals surface area contributed by atoms with Crippen molar-refractivity contribution in [3.63, 3.8) is 0 Å². The van der Waals surface area contributed by atoms with E-state index in [1.54, 1.807) is 22.7 Å². The van der Waals surface area contributed by atoms with Crippen molar-refractivity contribution in [2.45, 2.75) is 36.8 Å². The molecule has 0 saturated heterocycles. The number of carbonyl (C=O) groups is 1. The van der Waals surface area contributed by atoms with Gasteiger partial charge in [0, 0.05) is 34.6 Å². The average molecular weight is 644 g/mol. The van der Waals surface area contributed by atoms with Crippen molar-refractivity contribution in [3.05, 3.63) is 120 Å². The second kappa shape index (κ2) is 12.5. The quantitative estimate of drug-likeness (QED) is 0.189. The summed E-state index contributed by atoms with van der Waals surface area (Å²) in [5.41, 5.74) is 1.54. The fourth-order valence-corrected chi connectivity index (χ4v) is 7.43. The van der Waals surface area contributed by atoms with Crippen molar-refractivity contribution >= 4 is 57.5 Å². The summed E-state index contributed by atoms with van der Waals surface area (Å²) in [5, 5.41) is 3.24. The van der Waals surface area contributed by atoms with Crippen molar-refractivity contribution < 1.29 is 13.9 Å². The highest BCUT2D eigenvalue weighted by Gasteiger charge is 2.36. The number of fused-ring (bicyclic) bond motifs is 2. The molecule has 0 fully saturated rings. The van der Waals surface area contributed by atoms with E-state index in [1.807, 2.05) is 93.6 Å². The summed E-state index contributed by atoms with van der Waals surface area (Å²) < 4.78 is 14.0. The number of benzene rings is 3. The number of likely N-dealkylation sites (N-methyl/N-ethyl adjacent to an activating group) is 1.